The van der Waals surface area contributed by atoms with Crippen LogP contribution >= 0.6 is 0 Å². The summed E-state index contributed by atoms with van der Waals surface area (Å²) in [5.41, 5.74) is 2.45. The van der Waals surface area contributed by atoms with Crippen LogP contribution in [0.3, 0.4) is 0 Å². The Hall–Kier alpha value is -4.43. The molecule has 0 aliphatic carbocycles. The molecule has 2 N–H and O–H groups in total. The van der Waals surface area contributed by atoms with Gasteiger partial charge in [-0.2, -0.15) is 0 Å². The molecule has 5 aromatic rings. The summed E-state index contributed by atoms with van der Waals surface area (Å²) >= 11 is 0. The number of para-hydroxylation sites is 1. The molecule has 5 rings (SSSR count). The summed E-state index contributed by atoms with van der Waals surface area (Å²) in [6.07, 6.45) is 2.41. The number of benzene rings is 3. The van der Waals surface area contributed by atoms with E-state index >= 15 is 0 Å². The van der Waals surface area contributed by atoms with Crippen LogP contribution in [0, 0.1) is 0 Å². The Balaban J connectivity index is 1.16. The van der Waals surface area contributed by atoms with Gasteiger partial charge in [-0.3, -0.25) is 0 Å². The summed E-state index contributed by atoms with van der Waals surface area (Å²) in [5, 5.41) is 13.9. The summed E-state index contributed by atoms with van der Waals surface area (Å²) in [6, 6.07) is 26.9. The van der Waals surface area contributed by atoms with Gasteiger partial charge in [0.05, 0.1) is 12.9 Å². The van der Waals surface area contributed by atoms with Crippen molar-refractivity contribution in [3.05, 3.63) is 103 Å². The van der Waals surface area contributed by atoms with E-state index in [9.17, 15) is 5.11 Å². The Morgan fingerprint density at radius 3 is 2.26 bits per heavy atom. The number of hydrogen-bond acceptors (Lipinski definition) is 7. The quantitative estimate of drug-likeness (QED) is 0.308. The van der Waals surface area contributed by atoms with Gasteiger partial charge in [-0.15, -0.1) is 0 Å². The molecule has 176 valence electrons. The first-order chi connectivity index (χ1) is 17.2. The minimum atomic E-state index is -0.747. The van der Waals surface area contributed by atoms with Gasteiger partial charge in [0, 0.05) is 6.54 Å². The number of fused-ring (bicyclic) bond motifs is 1. The van der Waals surface area contributed by atoms with Gasteiger partial charge >= 0.3 is 0 Å². The molecule has 0 radical (unpaired) electrons. The third-order valence-electron chi connectivity index (χ3n) is 5.36. The lowest BCUT2D eigenvalue weighted by molar-refractivity contribution is 0.0933. The standard InChI is InChI=1S/C27H25N5O3/c33-21(17-34-22-11-13-24(14-12-22)35-23-9-5-2-6-10-23)16-32-19-31-25-26(29-18-30-27(25)32)28-15-20-7-3-1-4-8-20/h1-14,18-19,21,33H,15-17H2,(H,28,29,30). The number of aliphatic hydroxyl groups is 1. The maximum Gasteiger partial charge on any atom is 0.165 e. The summed E-state index contributed by atoms with van der Waals surface area (Å²) in [5.74, 6) is 2.78. The van der Waals surface area contributed by atoms with Crippen LogP contribution < -0.4 is 14.8 Å². The zero-order chi connectivity index (χ0) is 23.9. The largest absolute Gasteiger partial charge is 0.491 e. The molecule has 8 nitrogen and oxygen atoms in total. The average molecular weight is 468 g/mol. The highest BCUT2D eigenvalue weighted by molar-refractivity contribution is 5.82. The van der Waals surface area contributed by atoms with Crippen LogP contribution in [0.4, 0.5) is 5.82 Å². The molecule has 2 aromatic heterocycles. The van der Waals surface area contributed by atoms with Crippen LogP contribution in [0.25, 0.3) is 11.2 Å². The minimum Gasteiger partial charge on any atom is -0.491 e. The summed E-state index contributed by atoms with van der Waals surface area (Å²) in [7, 11) is 0. The molecular formula is C27H25N5O3. The molecule has 1 unspecified atom stereocenters. The third-order valence-corrected chi connectivity index (χ3v) is 5.36. The molecule has 0 spiro atoms. The Bertz CT molecular complexity index is 1360. The van der Waals surface area contributed by atoms with Gasteiger partial charge in [0.15, 0.2) is 11.5 Å². The molecule has 35 heavy (non-hydrogen) atoms. The minimum absolute atomic E-state index is 0.128. The van der Waals surface area contributed by atoms with Gasteiger partial charge in [0.25, 0.3) is 0 Å². The monoisotopic (exact) mass is 467 g/mol. The first kappa shape index (κ1) is 22.4. The predicted octanol–water partition coefficient (Wildman–Crippen LogP) is 4.67. The highest BCUT2D eigenvalue weighted by atomic mass is 16.5. The van der Waals surface area contributed by atoms with Crippen LogP contribution in [-0.4, -0.2) is 37.3 Å². The average Bonchev–Trinajstić information content (AvgIpc) is 3.31. The van der Waals surface area contributed by atoms with Crippen molar-refractivity contribution in [2.24, 2.45) is 0 Å². The van der Waals surface area contributed by atoms with E-state index in [1.807, 2.05) is 84.9 Å². The van der Waals surface area contributed by atoms with Crippen molar-refractivity contribution in [3.63, 3.8) is 0 Å². The summed E-state index contributed by atoms with van der Waals surface area (Å²) in [4.78, 5) is 13.1. The van der Waals surface area contributed by atoms with Crippen LogP contribution in [-0.2, 0) is 13.1 Å². The number of nitrogens with zero attached hydrogens (tertiary/aromatic N) is 4. The molecule has 0 aliphatic rings. The van der Waals surface area contributed by atoms with Gasteiger partial charge < -0.3 is 24.5 Å². The van der Waals surface area contributed by atoms with E-state index in [4.69, 9.17) is 9.47 Å². The van der Waals surface area contributed by atoms with Crippen molar-refractivity contribution in [1.29, 1.82) is 0 Å². The summed E-state index contributed by atoms with van der Waals surface area (Å²) in [6.45, 7) is 1.05. The topological polar surface area (TPSA) is 94.3 Å². The van der Waals surface area contributed by atoms with Crippen LogP contribution in [0.5, 0.6) is 17.2 Å². The lowest BCUT2D eigenvalue weighted by atomic mass is 10.2. The molecule has 0 fully saturated rings. The second-order valence-electron chi connectivity index (χ2n) is 7.98. The number of aliphatic hydroxyl groups excluding tert-OH is 1. The molecule has 3 aromatic carbocycles. The molecule has 8 heteroatoms. The van der Waals surface area contributed by atoms with Gasteiger partial charge in [0.2, 0.25) is 0 Å². The SMILES string of the molecule is OC(COc1ccc(Oc2ccccc2)cc1)Cn1cnc2c(NCc3ccccc3)ncnc21. The first-order valence-electron chi connectivity index (χ1n) is 11.3. The second-order valence-corrected chi connectivity index (χ2v) is 7.98. The van der Waals surface area contributed by atoms with Gasteiger partial charge in [-0.05, 0) is 42.0 Å². The van der Waals surface area contributed by atoms with Crippen molar-refractivity contribution in [1.82, 2.24) is 19.5 Å². The Kier molecular flexibility index (Phi) is 6.82. The molecule has 0 amide bonds. The van der Waals surface area contributed by atoms with Crippen molar-refractivity contribution < 1.29 is 14.6 Å². The van der Waals surface area contributed by atoms with E-state index in [-0.39, 0.29) is 6.61 Å². The maximum atomic E-state index is 10.6. The smallest absolute Gasteiger partial charge is 0.165 e. The van der Waals surface area contributed by atoms with E-state index in [1.165, 1.54) is 6.33 Å². The Morgan fingerprint density at radius 2 is 1.49 bits per heavy atom. The van der Waals surface area contributed by atoms with E-state index in [2.05, 4.69) is 20.3 Å². The molecule has 1 atom stereocenters. The molecule has 0 bridgehead atoms. The van der Waals surface area contributed by atoms with Gasteiger partial charge in [-0.25, -0.2) is 15.0 Å². The van der Waals surface area contributed by atoms with E-state index in [0.717, 1.165) is 11.3 Å². The second kappa shape index (κ2) is 10.7. The fourth-order valence-corrected chi connectivity index (χ4v) is 3.63. The van der Waals surface area contributed by atoms with Crippen molar-refractivity contribution in [3.8, 4) is 17.2 Å². The zero-order valence-corrected chi connectivity index (χ0v) is 19.0. The lowest BCUT2D eigenvalue weighted by Crippen LogP contribution is -2.23. The number of anilines is 1. The van der Waals surface area contributed by atoms with E-state index in [1.54, 1.807) is 10.9 Å². The Morgan fingerprint density at radius 1 is 0.800 bits per heavy atom. The number of hydrogen-bond donors (Lipinski definition) is 2. The van der Waals surface area contributed by atoms with Gasteiger partial charge in [-0.1, -0.05) is 48.5 Å². The maximum absolute atomic E-state index is 10.6. The number of ether oxygens (including phenoxy) is 2. The van der Waals surface area contributed by atoms with E-state index in [0.29, 0.717) is 41.6 Å². The number of nitrogens with one attached hydrogen (secondary N) is 1. The number of rotatable bonds is 10. The molecular weight excluding hydrogens is 442 g/mol. The van der Waals surface area contributed by atoms with Crippen LogP contribution in [0.2, 0.25) is 0 Å². The number of aromatic nitrogens is 4. The van der Waals surface area contributed by atoms with Crippen LogP contribution in [0.1, 0.15) is 5.56 Å². The van der Waals surface area contributed by atoms with Crippen molar-refractivity contribution in [2.75, 3.05) is 11.9 Å². The fourth-order valence-electron chi connectivity index (χ4n) is 3.63. The molecule has 0 saturated heterocycles. The zero-order valence-electron chi connectivity index (χ0n) is 19.0. The van der Waals surface area contributed by atoms with Crippen molar-refractivity contribution in [2.45, 2.75) is 19.2 Å². The lowest BCUT2D eigenvalue weighted by Gasteiger charge is -2.14. The van der Waals surface area contributed by atoms with E-state index < -0.39 is 6.10 Å². The highest BCUT2D eigenvalue weighted by Gasteiger charge is 2.14. The number of imidazole rings is 1. The molecule has 0 aliphatic heterocycles. The van der Waals surface area contributed by atoms with Gasteiger partial charge in [0.1, 0.15) is 41.8 Å². The third kappa shape index (κ3) is 5.74. The normalized spacial score (nSPS) is 11.8. The summed E-state index contributed by atoms with van der Waals surface area (Å²) < 4.78 is 13.4. The fraction of sp³-hybridized carbons (Fsp3) is 0.148. The highest BCUT2D eigenvalue weighted by Crippen LogP contribution is 2.24. The molecule has 0 saturated carbocycles. The van der Waals surface area contributed by atoms with Crippen molar-refractivity contribution >= 4 is 17.0 Å². The molecule has 2 heterocycles. The first-order valence-corrected chi connectivity index (χ1v) is 11.3. The Labute approximate surface area is 202 Å². The predicted molar refractivity (Wildman–Crippen MR) is 134 cm³/mol. The van der Waals surface area contributed by atoms with Crippen LogP contribution in [0.15, 0.2) is 97.6 Å².